The molecule has 1 aromatic rings. The number of hydrogen-bond donors (Lipinski definition) is 1. The van der Waals surface area contributed by atoms with E-state index < -0.39 is 5.09 Å². The van der Waals surface area contributed by atoms with Crippen molar-refractivity contribution in [3.05, 3.63) is 25.4 Å². The number of carbonyl (C=O) groups excluding carboxylic acids is 1. The lowest BCUT2D eigenvalue weighted by molar-refractivity contribution is -0.757. The van der Waals surface area contributed by atoms with Crippen molar-refractivity contribution in [2.45, 2.75) is 19.8 Å². The van der Waals surface area contributed by atoms with Crippen LogP contribution in [0.1, 0.15) is 18.4 Å². The van der Waals surface area contributed by atoms with Crippen molar-refractivity contribution < 1.29 is 14.7 Å². The number of carbonyl (C=O) groups is 1. The number of anilines is 1. The maximum absolute atomic E-state index is 12.1. The molecule has 22 heavy (non-hydrogen) atoms. The first kappa shape index (κ1) is 16.5. The van der Waals surface area contributed by atoms with Gasteiger partial charge in [0.1, 0.15) is 4.34 Å². The van der Waals surface area contributed by atoms with E-state index in [1.165, 1.54) is 16.2 Å². The largest absolute Gasteiger partial charge is 0.324 e. The van der Waals surface area contributed by atoms with Crippen molar-refractivity contribution in [3.63, 3.8) is 0 Å². The first-order valence-electron chi connectivity index (χ1n) is 6.61. The Labute approximate surface area is 135 Å². The zero-order chi connectivity index (χ0) is 16.1. The van der Waals surface area contributed by atoms with Crippen molar-refractivity contribution >= 4 is 40.5 Å². The van der Waals surface area contributed by atoms with Gasteiger partial charge in [-0.3, -0.25) is 14.7 Å². The highest BCUT2D eigenvalue weighted by atomic mass is 35.5. The lowest BCUT2D eigenvalue weighted by Gasteiger charge is -2.19. The zero-order valence-corrected chi connectivity index (χ0v) is 13.4. The van der Waals surface area contributed by atoms with Crippen molar-refractivity contribution in [2.75, 3.05) is 25.0 Å². The van der Waals surface area contributed by atoms with Crippen LogP contribution in [-0.2, 0) is 9.63 Å². The molecule has 0 spiro atoms. The van der Waals surface area contributed by atoms with Gasteiger partial charge in [-0.2, -0.15) is 0 Å². The highest BCUT2D eigenvalue weighted by molar-refractivity contribution is 7.15. The second kappa shape index (κ2) is 7.41. The predicted octanol–water partition coefficient (Wildman–Crippen LogP) is 2.31. The molecule has 2 rings (SSSR count). The van der Waals surface area contributed by atoms with Gasteiger partial charge in [-0.25, -0.2) is 0 Å². The molecule has 120 valence electrons. The first-order valence-corrected chi connectivity index (χ1v) is 7.87. The third kappa shape index (κ3) is 4.08. The summed E-state index contributed by atoms with van der Waals surface area (Å²) >= 11 is 7.51. The van der Waals surface area contributed by atoms with Gasteiger partial charge in [-0.1, -0.05) is 11.6 Å². The zero-order valence-electron chi connectivity index (χ0n) is 11.9. The van der Waals surface area contributed by atoms with E-state index in [1.807, 2.05) is 12.3 Å². The van der Waals surface area contributed by atoms with Crippen molar-refractivity contribution in [1.29, 1.82) is 0 Å². The summed E-state index contributed by atoms with van der Waals surface area (Å²) < 4.78 is 0.610. The maximum atomic E-state index is 12.1. The van der Waals surface area contributed by atoms with E-state index in [9.17, 15) is 14.9 Å². The van der Waals surface area contributed by atoms with Crippen LogP contribution >= 0.6 is 22.9 Å². The van der Waals surface area contributed by atoms with E-state index in [2.05, 4.69) is 15.1 Å². The molecule has 2 heterocycles. The Morgan fingerprint density at radius 2 is 2.45 bits per heavy atom. The number of hydrogen-bond acceptors (Lipinski definition) is 7. The average Bonchev–Trinajstić information content (AvgIpc) is 3.05. The van der Waals surface area contributed by atoms with Crippen molar-refractivity contribution in [3.8, 4) is 0 Å². The number of nitrogens with zero attached hydrogens (tertiary/aromatic N) is 3. The molecular weight excluding hydrogens is 332 g/mol. The SMILES string of the molecule is Cc1csc(Cl)c1NC1=NCCN1C(=O)CCCO[N+](=O)[O-]. The van der Waals surface area contributed by atoms with Crippen LogP contribution in [0.2, 0.25) is 4.34 Å². The summed E-state index contributed by atoms with van der Waals surface area (Å²) in [4.78, 5) is 32.2. The molecule has 1 N–H and O–H groups in total. The molecule has 0 aliphatic carbocycles. The molecule has 0 fully saturated rings. The third-order valence-corrected chi connectivity index (χ3v) is 4.38. The lowest BCUT2D eigenvalue weighted by Crippen LogP contribution is -2.38. The smallest absolute Gasteiger partial charge is 0.294 e. The Morgan fingerprint density at radius 3 is 3.09 bits per heavy atom. The van der Waals surface area contributed by atoms with E-state index >= 15 is 0 Å². The van der Waals surface area contributed by atoms with Gasteiger partial charge in [0.15, 0.2) is 0 Å². The van der Waals surface area contributed by atoms with Crippen molar-refractivity contribution in [1.82, 2.24) is 4.90 Å². The van der Waals surface area contributed by atoms with Crippen LogP contribution in [0.4, 0.5) is 5.69 Å². The Morgan fingerprint density at radius 1 is 1.68 bits per heavy atom. The maximum Gasteiger partial charge on any atom is 0.294 e. The number of aryl methyl sites for hydroxylation is 1. The van der Waals surface area contributed by atoms with Crippen LogP contribution < -0.4 is 5.32 Å². The minimum atomic E-state index is -0.865. The second-order valence-corrected chi connectivity index (χ2v) is 6.09. The first-order chi connectivity index (χ1) is 10.5. The summed E-state index contributed by atoms with van der Waals surface area (Å²) in [6.07, 6.45) is 0.437. The quantitative estimate of drug-likeness (QED) is 0.484. The Kier molecular flexibility index (Phi) is 5.56. The van der Waals surface area contributed by atoms with Crippen LogP contribution in [0.5, 0.6) is 0 Å². The Bertz CT molecular complexity index is 584. The van der Waals surface area contributed by atoms with Gasteiger partial charge in [0, 0.05) is 13.0 Å². The molecule has 0 saturated heterocycles. The molecule has 0 aromatic carbocycles. The summed E-state index contributed by atoms with van der Waals surface area (Å²) in [5, 5.41) is 14.2. The number of aliphatic imine (C=N–C) groups is 1. The summed E-state index contributed by atoms with van der Waals surface area (Å²) in [5.41, 5.74) is 1.73. The normalized spacial score (nSPS) is 13.9. The van der Waals surface area contributed by atoms with E-state index in [0.29, 0.717) is 23.4 Å². The number of halogens is 1. The van der Waals surface area contributed by atoms with Gasteiger partial charge in [-0.15, -0.1) is 21.5 Å². The summed E-state index contributed by atoms with van der Waals surface area (Å²) in [7, 11) is 0. The minimum absolute atomic E-state index is 0.0953. The Balaban J connectivity index is 1.90. The molecule has 0 bridgehead atoms. The van der Waals surface area contributed by atoms with Crippen molar-refractivity contribution in [2.24, 2.45) is 4.99 Å². The van der Waals surface area contributed by atoms with Crippen LogP contribution in [0.25, 0.3) is 0 Å². The molecule has 10 heteroatoms. The summed E-state index contributed by atoms with van der Waals surface area (Å²) in [6.45, 7) is 2.82. The molecule has 1 aromatic heterocycles. The van der Waals surface area contributed by atoms with E-state index in [4.69, 9.17) is 11.6 Å². The van der Waals surface area contributed by atoms with Crippen LogP contribution in [0.15, 0.2) is 10.4 Å². The highest BCUT2D eigenvalue weighted by Gasteiger charge is 2.24. The van der Waals surface area contributed by atoms with E-state index in [-0.39, 0.29) is 25.4 Å². The molecular formula is C12H15ClN4O4S. The van der Waals surface area contributed by atoms with Crippen LogP contribution in [0.3, 0.4) is 0 Å². The predicted molar refractivity (Wildman–Crippen MR) is 83.9 cm³/mol. The summed E-state index contributed by atoms with van der Waals surface area (Å²) in [6, 6.07) is 0. The standard InChI is InChI=1S/C12H15ClN4O4S/c1-8-7-22-11(13)10(8)15-12-14-4-5-16(12)9(18)3-2-6-21-17(19)20/h7H,2-6H2,1H3,(H,14,15). The Hall–Kier alpha value is -1.87. The van der Waals surface area contributed by atoms with Gasteiger partial charge >= 0.3 is 0 Å². The fourth-order valence-electron chi connectivity index (χ4n) is 1.97. The van der Waals surface area contributed by atoms with Crippen LogP contribution in [-0.4, -0.2) is 41.5 Å². The third-order valence-electron chi connectivity index (χ3n) is 3.04. The lowest BCUT2D eigenvalue weighted by atomic mass is 10.3. The molecule has 0 atom stereocenters. The number of amides is 1. The van der Waals surface area contributed by atoms with Crippen LogP contribution in [0, 0.1) is 17.0 Å². The highest BCUT2D eigenvalue weighted by Crippen LogP contribution is 2.32. The fraction of sp³-hybridized carbons (Fsp3) is 0.500. The van der Waals surface area contributed by atoms with Gasteiger partial charge in [0.2, 0.25) is 11.9 Å². The molecule has 0 unspecified atom stereocenters. The molecule has 1 aliphatic heterocycles. The van der Waals surface area contributed by atoms with Gasteiger partial charge in [0.05, 0.1) is 18.8 Å². The van der Waals surface area contributed by atoms with Gasteiger partial charge in [0.25, 0.3) is 5.09 Å². The molecule has 0 radical (unpaired) electrons. The number of rotatable bonds is 6. The molecule has 0 saturated carbocycles. The molecule has 1 aliphatic rings. The summed E-state index contributed by atoms with van der Waals surface area (Å²) in [5.74, 6) is 0.309. The second-order valence-electron chi connectivity index (χ2n) is 4.60. The van der Waals surface area contributed by atoms with Gasteiger partial charge in [-0.05, 0) is 24.3 Å². The monoisotopic (exact) mass is 346 g/mol. The number of guanidine groups is 1. The van der Waals surface area contributed by atoms with Gasteiger partial charge < -0.3 is 10.2 Å². The van der Waals surface area contributed by atoms with E-state index in [1.54, 1.807) is 0 Å². The average molecular weight is 347 g/mol. The molecule has 1 amide bonds. The minimum Gasteiger partial charge on any atom is -0.324 e. The molecule has 8 nitrogen and oxygen atoms in total. The number of nitrogens with one attached hydrogen (secondary N) is 1. The van der Waals surface area contributed by atoms with E-state index in [0.717, 1.165) is 11.3 Å². The number of thiophene rings is 1. The fourth-order valence-corrected chi connectivity index (χ4v) is 3.02. The topological polar surface area (TPSA) is 97.1 Å².